The topological polar surface area (TPSA) is 25.8 Å². The summed E-state index contributed by atoms with van der Waals surface area (Å²) in [6.07, 6.45) is 3.73. The smallest absolute Gasteiger partial charge is 0.0759 e. The van der Waals surface area contributed by atoms with Crippen molar-refractivity contribution >= 4 is 10.9 Å². The van der Waals surface area contributed by atoms with Gasteiger partial charge in [-0.3, -0.25) is 4.98 Å². The van der Waals surface area contributed by atoms with Gasteiger partial charge < -0.3 is 0 Å². The van der Waals surface area contributed by atoms with E-state index in [1.165, 1.54) is 49.9 Å². The molecule has 2 nitrogen and oxygen atoms in total. The van der Waals surface area contributed by atoms with E-state index in [1.807, 2.05) is 18.5 Å². The molecule has 2 heterocycles. The minimum absolute atomic E-state index is 0.144. The monoisotopic (exact) mass is 474 g/mol. The molecular weight excluding hydrogens is 448 g/mol. The second kappa shape index (κ2) is 8.25. The van der Waals surface area contributed by atoms with Gasteiger partial charge in [0.15, 0.2) is 0 Å². The molecule has 0 amide bonds. The quantitative estimate of drug-likeness (QED) is 0.256. The lowest BCUT2D eigenvalue weighted by molar-refractivity contribution is 0.662. The number of nitrogens with zero attached hydrogens (tertiary/aromatic N) is 2. The van der Waals surface area contributed by atoms with Crippen LogP contribution in [0.15, 0.2) is 122 Å². The molecular formula is C35H26N2. The number of pyridine rings is 2. The molecule has 0 saturated carbocycles. The first-order valence-electron chi connectivity index (χ1n) is 12.8. The average molecular weight is 475 g/mol. The Morgan fingerprint density at radius 3 is 2.03 bits per heavy atom. The van der Waals surface area contributed by atoms with Crippen LogP contribution in [0.1, 0.15) is 25.0 Å². The van der Waals surface area contributed by atoms with Crippen molar-refractivity contribution in [1.29, 1.82) is 0 Å². The van der Waals surface area contributed by atoms with Gasteiger partial charge in [-0.2, -0.15) is 0 Å². The minimum Gasteiger partial charge on any atom is -0.264 e. The van der Waals surface area contributed by atoms with Gasteiger partial charge in [0.25, 0.3) is 0 Å². The molecule has 1 aliphatic carbocycles. The van der Waals surface area contributed by atoms with Gasteiger partial charge in [0.2, 0.25) is 0 Å². The summed E-state index contributed by atoms with van der Waals surface area (Å²) >= 11 is 0. The molecule has 0 fully saturated rings. The van der Waals surface area contributed by atoms with Crippen molar-refractivity contribution in [2.24, 2.45) is 0 Å². The third-order valence-corrected chi connectivity index (χ3v) is 7.71. The Kier molecular flexibility index (Phi) is 4.84. The molecule has 0 atom stereocenters. The van der Waals surface area contributed by atoms with E-state index in [4.69, 9.17) is 4.98 Å². The highest BCUT2D eigenvalue weighted by molar-refractivity contribution is 6.02. The van der Waals surface area contributed by atoms with E-state index in [0.29, 0.717) is 0 Å². The van der Waals surface area contributed by atoms with Gasteiger partial charge in [0, 0.05) is 34.3 Å². The van der Waals surface area contributed by atoms with Crippen LogP contribution < -0.4 is 0 Å². The van der Waals surface area contributed by atoms with E-state index in [-0.39, 0.29) is 5.41 Å². The van der Waals surface area contributed by atoms with Crippen LogP contribution in [0.5, 0.6) is 0 Å². The molecule has 0 N–H and O–H groups in total. The van der Waals surface area contributed by atoms with Crippen molar-refractivity contribution < 1.29 is 0 Å². The van der Waals surface area contributed by atoms with Gasteiger partial charge in [-0.1, -0.05) is 98.8 Å². The van der Waals surface area contributed by atoms with Crippen LogP contribution in [0.3, 0.4) is 0 Å². The van der Waals surface area contributed by atoms with Gasteiger partial charge in [0.05, 0.1) is 11.2 Å². The lowest BCUT2D eigenvalue weighted by Crippen LogP contribution is -2.16. The molecule has 37 heavy (non-hydrogen) atoms. The summed E-state index contributed by atoms with van der Waals surface area (Å²) < 4.78 is 0. The van der Waals surface area contributed by atoms with E-state index in [2.05, 4.69) is 122 Å². The average Bonchev–Trinajstić information content (AvgIpc) is 3.19. The van der Waals surface area contributed by atoms with Crippen LogP contribution in [0, 0.1) is 0 Å². The number of hydrogen-bond donors (Lipinski definition) is 0. The van der Waals surface area contributed by atoms with Crippen LogP contribution in [-0.4, -0.2) is 9.97 Å². The van der Waals surface area contributed by atoms with Crippen molar-refractivity contribution in [3.63, 3.8) is 0 Å². The van der Waals surface area contributed by atoms with Crippen LogP contribution in [-0.2, 0) is 5.41 Å². The van der Waals surface area contributed by atoms with E-state index >= 15 is 0 Å². The molecule has 2 heteroatoms. The normalized spacial score (nSPS) is 13.4. The lowest BCUT2D eigenvalue weighted by Gasteiger charge is -2.25. The van der Waals surface area contributed by atoms with E-state index in [9.17, 15) is 0 Å². The second-order valence-electron chi connectivity index (χ2n) is 10.3. The van der Waals surface area contributed by atoms with Gasteiger partial charge in [-0.25, -0.2) is 4.98 Å². The Hall–Kier alpha value is -4.56. The highest BCUT2D eigenvalue weighted by Gasteiger charge is 2.39. The molecule has 0 radical (unpaired) electrons. The summed E-state index contributed by atoms with van der Waals surface area (Å²) in [7, 11) is 0. The molecule has 0 spiro atoms. The maximum atomic E-state index is 5.20. The number of fused-ring (bicyclic) bond motifs is 4. The number of hydrogen-bond acceptors (Lipinski definition) is 2. The Balaban J connectivity index is 1.46. The fourth-order valence-electron chi connectivity index (χ4n) is 5.95. The first-order chi connectivity index (χ1) is 18.1. The SMILES string of the molecule is CC1(C)c2ccccc2-c2nc3ccccc3c(-c3cccc(-c4cccc(-c5cccnc5)c4)c3)c21. The third kappa shape index (κ3) is 3.41. The Labute approximate surface area is 217 Å². The summed E-state index contributed by atoms with van der Waals surface area (Å²) in [5.41, 5.74) is 13.1. The Morgan fingerprint density at radius 1 is 0.595 bits per heavy atom. The molecule has 0 bridgehead atoms. The van der Waals surface area contributed by atoms with E-state index in [1.54, 1.807) is 0 Å². The van der Waals surface area contributed by atoms with Gasteiger partial charge >= 0.3 is 0 Å². The van der Waals surface area contributed by atoms with Crippen molar-refractivity contribution in [1.82, 2.24) is 9.97 Å². The Morgan fingerprint density at radius 2 is 1.24 bits per heavy atom. The summed E-state index contributed by atoms with van der Waals surface area (Å²) in [6.45, 7) is 4.66. The first-order valence-corrected chi connectivity index (χ1v) is 12.8. The molecule has 4 aromatic carbocycles. The lowest BCUT2D eigenvalue weighted by atomic mass is 9.78. The van der Waals surface area contributed by atoms with Crippen LogP contribution in [0.4, 0.5) is 0 Å². The standard InChI is InChI=1S/C35H26N2/c1-35(2)30-17-5-3-15-28(30)34-33(35)32(29-16-4-6-18-31(29)37-34)26-13-8-11-24(21-26)23-10-7-12-25(20-23)27-14-9-19-36-22-27/h3-22H,1-2H3. The summed E-state index contributed by atoms with van der Waals surface area (Å²) in [5, 5.41) is 1.20. The van der Waals surface area contributed by atoms with Crippen LogP contribution in [0.25, 0.3) is 55.5 Å². The Bertz CT molecular complexity index is 1800. The van der Waals surface area contributed by atoms with E-state index < -0.39 is 0 Å². The van der Waals surface area contributed by atoms with Crippen molar-refractivity contribution in [2.75, 3.05) is 0 Å². The first kappa shape index (κ1) is 21.7. The predicted octanol–water partition coefficient (Wildman–Crippen LogP) is 8.94. The van der Waals surface area contributed by atoms with Crippen LogP contribution >= 0.6 is 0 Å². The maximum Gasteiger partial charge on any atom is 0.0759 e. The molecule has 0 aliphatic heterocycles. The zero-order valence-electron chi connectivity index (χ0n) is 20.9. The number of benzene rings is 4. The molecule has 1 aliphatic rings. The zero-order valence-corrected chi connectivity index (χ0v) is 20.9. The highest BCUT2D eigenvalue weighted by Crippen LogP contribution is 2.53. The molecule has 6 aromatic rings. The third-order valence-electron chi connectivity index (χ3n) is 7.71. The number of para-hydroxylation sites is 1. The molecule has 0 unspecified atom stereocenters. The molecule has 0 saturated heterocycles. The fourth-order valence-corrected chi connectivity index (χ4v) is 5.95. The van der Waals surface area contributed by atoms with Crippen molar-refractivity contribution in [3.05, 3.63) is 133 Å². The van der Waals surface area contributed by atoms with Gasteiger partial charge in [-0.05, 0) is 63.2 Å². The van der Waals surface area contributed by atoms with E-state index in [0.717, 1.165) is 16.8 Å². The zero-order chi connectivity index (χ0) is 25.0. The predicted molar refractivity (Wildman–Crippen MR) is 153 cm³/mol. The van der Waals surface area contributed by atoms with Gasteiger partial charge in [-0.15, -0.1) is 0 Å². The largest absolute Gasteiger partial charge is 0.264 e. The molecule has 176 valence electrons. The minimum atomic E-state index is -0.144. The summed E-state index contributed by atoms with van der Waals surface area (Å²) in [6, 6.07) is 39.1. The van der Waals surface area contributed by atoms with Gasteiger partial charge in [0.1, 0.15) is 0 Å². The summed E-state index contributed by atoms with van der Waals surface area (Å²) in [5.74, 6) is 0. The number of rotatable bonds is 3. The molecule has 7 rings (SSSR count). The van der Waals surface area contributed by atoms with Crippen molar-refractivity contribution in [3.8, 4) is 44.6 Å². The summed E-state index contributed by atoms with van der Waals surface area (Å²) in [4.78, 5) is 9.50. The maximum absolute atomic E-state index is 5.20. The van der Waals surface area contributed by atoms with Crippen LogP contribution in [0.2, 0.25) is 0 Å². The highest BCUT2D eigenvalue weighted by atomic mass is 14.7. The number of aromatic nitrogens is 2. The fraction of sp³-hybridized carbons (Fsp3) is 0.0857. The second-order valence-corrected chi connectivity index (χ2v) is 10.3. The van der Waals surface area contributed by atoms with Crippen molar-refractivity contribution in [2.45, 2.75) is 19.3 Å². The molecule has 2 aromatic heterocycles.